The highest BCUT2D eigenvalue weighted by atomic mass is 35.5. The van der Waals surface area contributed by atoms with Crippen molar-refractivity contribution in [1.29, 1.82) is 10.8 Å². The third kappa shape index (κ3) is 8.39. The van der Waals surface area contributed by atoms with Gasteiger partial charge in [0, 0.05) is 83.4 Å². The lowest BCUT2D eigenvalue weighted by Gasteiger charge is -2.36. The average molecular weight is 727 g/mol. The Kier molecular flexibility index (Phi) is 12.1. The first-order valence-electron chi connectivity index (χ1n) is 17.0. The molecule has 2 aliphatic rings. The number of halogens is 1. The maximum atomic E-state index is 13.3. The van der Waals surface area contributed by atoms with E-state index in [1.54, 1.807) is 28.9 Å². The number of fused-ring (bicyclic) bond motifs is 1. The number of aliphatic imine (C=N–C) groups is 1. The number of Topliss-reactive ketones (excluding diaryl/α,β-unsaturated/α-hetero) is 1. The molecular formula is C38H43ClN8O3S. The molecule has 3 heterocycles. The maximum Gasteiger partial charge on any atom is 0.224 e. The van der Waals surface area contributed by atoms with Crippen LogP contribution in [0.25, 0.3) is 0 Å². The molecule has 5 N–H and O–H groups in total. The summed E-state index contributed by atoms with van der Waals surface area (Å²) in [5.41, 5.74) is 11.1. The monoisotopic (exact) mass is 726 g/mol. The van der Waals surface area contributed by atoms with Crippen LogP contribution in [-0.4, -0.2) is 85.2 Å². The summed E-state index contributed by atoms with van der Waals surface area (Å²) in [6.07, 6.45) is 0.418. The minimum atomic E-state index is -0.852. The highest BCUT2D eigenvalue weighted by Crippen LogP contribution is 2.40. The molecule has 1 atom stereocenters. The third-order valence-corrected chi connectivity index (χ3v) is 10.5. The molecule has 2 amide bonds. The zero-order valence-corrected chi connectivity index (χ0v) is 30.9. The van der Waals surface area contributed by atoms with Crippen molar-refractivity contribution in [2.75, 3.05) is 49.1 Å². The molecule has 0 radical (unpaired) electrons. The molecule has 3 aromatic rings. The molecule has 11 nitrogen and oxygen atoms in total. The van der Waals surface area contributed by atoms with E-state index in [0.717, 1.165) is 32.3 Å². The number of benzene rings is 2. The van der Waals surface area contributed by atoms with Gasteiger partial charge < -0.3 is 20.9 Å². The second-order valence-electron chi connectivity index (χ2n) is 12.5. The number of hydrogen-bond donors (Lipinski definition) is 4. The summed E-state index contributed by atoms with van der Waals surface area (Å²) in [6.45, 7) is 10.1. The topological polar surface area (TPSA) is 159 Å². The highest BCUT2D eigenvalue weighted by Gasteiger charge is 2.35. The Balaban J connectivity index is 1.21. The normalized spacial score (nSPS) is 15.7. The average Bonchev–Trinajstić information content (AvgIpc) is 3.34. The number of aryl methyl sites for hydroxylation is 1. The summed E-state index contributed by atoms with van der Waals surface area (Å²) < 4.78 is 0. The molecule has 0 saturated carbocycles. The van der Waals surface area contributed by atoms with Gasteiger partial charge in [-0.25, -0.2) is 0 Å². The summed E-state index contributed by atoms with van der Waals surface area (Å²) in [5, 5.41) is 21.8. The summed E-state index contributed by atoms with van der Waals surface area (Å²) >= 11 is 7.68. The van der Waals surface area contributed by atoms with Crippen molar-refractivity contribution in [2.45, 2.75) is 53.0 Å². The number of hydrogen-bond acceptors (Lipinski definition) is 9. The van der Waals surface area contributed by atoms with E-state index in [-0.39, 0.29) is 55.2 Å². The van der Waals surface area contributed by atoms with Gasteiger partial charge in [-0.15, -0.1) is 11.3 Å². The number of amidine groups is 2. The van der Waals surface area contributed by atoms with Gasteiger partial charge in [0.1, 0.15) is 22.7 Å². The summed E-state index contributed by atoms with van der Waals surface area (Å²) in [4.78, 5) is 50.4. The molecule has 0 unspecified atom stereocenters. The van der Waals surface area contributed by atoms with Crippen LogP contribution in [0.4, 0.5) is 10.7 Å². The number of thiophene rings is 1. The number of nitrogens with zero attached hydrogens (tertiary/aromatic N) is 4. The number of carbonyl (C=O) groups is 3. The minimum absolute atomic E-state index is 0.0266. The van der Waals surface area contributed by atoms with Crippen LogP contribution < -0.4 is 20.9 Å². The van der Waals surface area contributed by atoms with E-state index in [4.69, 9.17) is 33.1 Å². The zero-order valence-electron chi connectivity index (χ0n) is 29.4. The van der Waals surface area contributed by atoms with Crippen molar-refractivity contribution in [1.82, 2.24) is 10.2 Å². The van der Waals surface area contributed by atoms with E-state index >= 15 is 0 Å². The number of amides is 2. The molecule has 266 valence electrons. The van der Waals surface area contributed by atoms with Crippen molar-refractivity contribution >= 4 is 68.6 Å². The fourth-order valence-corrected chi connectivity index (χ4v) is 7.58. The molecule has 5 rings (SSSR count). The van der Waals surface area contributed by atoms with Crippen molar-refractivity contribution in [2.24, 2.45) is 10.7 Å². The maximum absolute atomic E-state index is 13.3. The second kappa shape index (κ2) is 16.5. The van der Waals surface area contributed by atoms with E-state index in [2.05, 4.69) is 22.1 Å². The van der Waals surface area contributed by atoms with Gasteiger partial charge in [-0.2, -0.15) is 0 Å². The molecule has 1 saturated heterocycles. The van der Waals surface area contributed by atoms with Gasteiger partial charge in [-0.05, 0) is 56.7 Å². The highest BCUT2D eigenvalue weighted by molar-refractivity contribution is 7.17. The number of carbonyl (C=O) groups excluding carboxylic acids is 3. The Morgan fingerprint density at radius 1 is 1.10 bits per heavy atom. The fourth-order valence-electron chi connectivity index (χ4n) is 6.23. The standard InChI is InChI=1S/C38H43ClN8O3S/c1-5-32(48)30-13-12-29(21-27(30)7-6-15-40)45-17-19-46(20-18-45)34(50)14-16-43-33(49)22-31-37(42)47(25(4)41)38-35(23(2)24(3)51-38)36(44-31)26-8-10-28(39)11-9-26/h8-13,21,31,41-42H,5,14-20,22,40H2,1-4H3,(H,43,49)/t31-/m0/s1. The number of piperazine rings is 1. The fraction of sp³-hybridized carbons (Fsp3) is 0.368. The predicted molar refractivity (Wildman–Crippen MR) is 206 cm³/mol. The Hall–Kier alpha value is -4.83. The van der Waals surface area contributed by atoms with E-state index in [1.165, 1.54) is 11.3 Å². The van der Waals surface area contributed by atoms with Crippen molar-refractivity contribution in [3.63, 3.8) is 0 Å². The van der Waals surface area contributed by atoms with Gasteiger partial charge in [-0.3, -0.25) is 35.1 Å². The summed E-state index contributed by atoms with van der Waals surface area (Å²) in [7, 11) is 0. The molecule has 51 heavy (non-hydrogen) atoms. The van der Waals surface area contributed by atoms with Gasteiger partial charge in [-0.1, -0.05) is 42.5 Å². The smallest absolute Gasteiger partial charge is 0.224 e. The first-order valence-corrected chi connectivity index (χ1v) is 18.2. The van der Waals surface area contributed by atoms with E-state index in [0.29, 0.717) is 54.5 Å². The van der Waals surface area contributed by atoms with Gasteiger partial charge >= 0.3 is 0 Å². The number of rotatable bonds is 9. The molecule has 1 fully saturated rings. The first-order chi connectivity index (χ1) is 24.4. The molecule has 2 aromatic carbocycles. The number of nitrogens with one attached hydrogen (secondary N) is 3. The van der Waals surface area contributed by atoms with E-state index in [9.17, 15) is 14.4 Å². The molecule has 0 aliphatic carbocycles. The van der Waals surface area contributed by atoms with Crippen LogP contribution in [0.5, 0.6) is 0 Å². The van der Waals surface area contributed by atoms with Crippen LogP contribution in [-0.2, 0) is 9.59 Å². The number of ketones is 1. The lowest BCUT2D eigenvalue weighted by atomic mass is 9.99. The Bertz CT molecular complexity index is 1950. The second-order valence-corrected chi connectivity index (χ2v) is 14.1. The molecule has 0 spiro atoms. The van der Waals surface area contributed by atoms with Crippen molar-refractivity contribution in [3.05, 3.63) is 80.2 Å². The quantitative estimate of drug-likeness (QED) is 0.103. The summed E-state index contributed by atoms with van der Waals surface area (Å²) in [5.74, 6) is 5.72. The van der Waals surface area contributed by atoms with Gasteiger partial charge in [0.25, 0.3) is 0 Å². The number of nitrogens with two attached hydrogens (primary N) is 1. The van der Waals surface area contributed by atoms with Gasteiger partial charge in [0.15, 0.2) is 5.78 Å². The minimum Gasteiger partial charge on any atom is -0.368 e. The largest absolute Gasteiger partial charge is 0.368 e. The van der Waals surface area contributed by atoms with Crippen LogP contribution in [0.3, 0.4) is 0 Å². The summed E-state index contributed by atoms with van der Waals surface area (Å²) in [6, 6.07) is 12.1. The van der Waals surface area contributed by atoms with Crippen LogP contribution in [0.15, 0.2) is 47.5 Å². The van der Waals surface area contributed by atoms with Crippen molar-refractivity contribution in [3.8, 4) is 11.8 Å². The Labute approximate surface area is 307 Å². The Morgan fingerprint density at radius 3 is 2.45 bits per heavy atom. The third-order valence-electron chi connectivity index (χ3n) is 9.09. The van der Waals surface area contributed by atoms with Crippen LogP contribution in [0.1, 0.15) is 70.6 Å². The van der Waals surface area contributed by atoms with E-state index in [1.807, 2.05) is 51.1 Å². The molecule has 13 heteroatoms. The van der Waals surface area contributed by atoms with Crippen LogP contribution >= 0.6 is 22.9 Å². The van der Waals surface area contributed by atoms with Crippen LogP contribution in [0.2, 0.25) is 5.02 Å². The van der Waals surface area contributed by atoms with Crippen LogP contribution in [0, 0.1) is 36.5 Å². The molecule has 2 aliphatic heterocycles. The van der Waals surface area contributed by atoms with Gasteiger partial charge in [0.2, 0.25) is 11.8 Å². The molecular weight excluding hydrogens is 684 g/mol. The lowest BCUT2D eigenvalue weighted by Crippen LogP contribution is -2.49. The Morgan fingerprint density at radius 2 is 1.80 bits per heavy atom. The van der Waals surface area contributed by atoms with Gasteiger partial charge in [0.05, 0.1) is 18.7 Å². The lowest BCUT2D eigenvalue weighted by molar-refractivity contribution is -0.131. The van der Waals surface area contributed by atoms with Crippen molar-refractivity contribution < 1.29 is 14.4 Å². The molecule has 0 bridgehead atoms. The first kappa shape index (κ1) is 37.4. The number of anilines is 2. The van der Waals surface area contributed by atoms with E-state index < -0.39 is 6.04 Å². The predicted octanol–water partition coefficient (Wildman–Crippen LogP) is 5.17. The SMILES string of the molecule is CCC(=O)c1ccc(N2CCN(C(=O)CCNC(=O)C[C@@H]3N=C(c4ccc(Cl)cc4)c4c(sc(C)c4C)N(C(C)=N)C3=N)CC2)cc1C#CCN. The molecule has 1 aromatic heterocycles. The zero-order chi connectivity index (χ0) is 36.8.